The van der Waals surface area contributed by atoms with Gasteiger partial charge in [0.05, 0.1) is 24.2 Å². The van der Waals surface area contributed by atoms with E-state index in [2.05, 4.69) is 0 Å². The number of rotatable bonds is 2. The van der Waals surface area contributed by atoms with E-state index in [1.165, 1.54) is 0 Å². The molecule has 0 radical (unpaired) electrons. The zero-order valence-corrected chi connectivity index (χ0v) is 14.1. The van der Waals surface area contributed by atoms with E-state index in [1.54, 1.807) is 9.80 Å². The number of para-hydroxylation sites is 2. The SMILES string of the molecule is O=C1Cc2cc3c(cc2N1c1ccccc1)N(c1ccccc1)C(=O)C3. The van der Waals surface area contributed by atoms with Gasteiger partial charge >= 0.3 is 0 Å². The number of anilines is 4. The molecule has 0 unspecified atom stereocenters. The highest BCUT2D eigenvalue weighted by molar-refractivity contribution is 6.12. The van der Waals surface area contributed by atoms with Gasteiger partial charge in [0.15, 0.2) is 0 Å². The van der Waals surface area contributed by atoms with Crippen LogP contribution in [0.25, 0.3) is 0 Å². The lowest BCUT2D eigenvalue weighted by Gasteiger charge is -2.21. The summed E-state index contributed by atoms with van der Waals surface area (Å²) >= 11 is 0. The van der Waals surface area contributed by atoms with Crippen LogP contribution in [0.1, 0.15) is 11.1 Å². The van der Waals surface area contributed by atoms with Gasteiger partial charge in [-0.05, 0) is 41.5 Å². The summed E-state index contributed by atoms with van der Waals surface area (Å²) in [4.78, 5) is 28.7. The summed E-state index contributed by atoms with van der Waals surface area (Å²) < 4.78 is 0. The fourth-order valence-corrected chi connectivity index (χ4v) is 3.85. The first kappa shape index (κ1) is 14.9. The minimum atomic E-state index is 0.0625. The molecule has 4 heteroatoms. The van der Waals surface area contributed by atoms with Crippen molar-refractivity contribution in [2.75, 3.05) is 9.80 Å². The molecule has 0 aromatic heterocycles. The monoisotopic (exact) mass is 340 g/mol. The van der Waals surface area contributed by atoms with Crippen LogP contribution in [0.4, 0.5) is 22.7 Å². The van der Waals surface area contributed by atoms with Crippen molar-refractivity contribution in [1.82, 2.24) is 0 Å². The van der Waals surface area contributed by atoms with Crippen LogP contribution in [0.3, 0.4) is 0 Å². The van der Waals surface area contributed by atoms with E-state index in [0.717, 1.165) is 33.9 Å². The van der Waals surface area contributed by atoms with Crippen molar-refractivity contribution in [1.29, 1.82) is 0 Å². The summed E-state index contributed by atoms with van der Waals surface area (Å²) in [6.45, 7) is 0. The molecule has 2 aliphatic rings. The highest BCUT2D eigenvalue weighted by atomic mass is 16.2. The summed E-state index contributed by atoms with van der Waals surface area (Å²) in [6, 6.07) is 23.3. The lowest BCUT2D eigenvalue weighted by atomic mass is 10.1. The van der Waals surface area contributed by atoms with Crippen molar-refractivity contribution in [2.45, 2.75) is 12.8 Å². The Hall–Kier alpha value is -3.40. The molecule has 0 saturated heterocycles. The second kappa shape index (κ2) is 5.56. The van der Waals surface area contributed by atoms with E-state index >= 15 is 0 Å². The van der Waals surface area contributed by atoms with Crippen LogP contribution in [0.5, 0.6) is 0 Å². The third-order valence-electron chi connectivity index (χ3n) is 4.97. The van der Waals surface area contributed by atoms with Crippen molar-refractivity contribution in [3.8, 4) is 0 Å². The van der Waals surface area contributed by atoms with Crippen molar-refractivity contribution in [3.05, 3.63) is 83.9 Å². The van der Waals surface area contributed by atoms with Gasteiger partial charge in [-0.3, -0.25) is 19.4 Å². The number of carbonyl (C=O) groups excluding carboxylic acids is 2. The largest absolute Gasteiger partial charge is 0.280 e. The van der Waals surface area contributed by atoms with Crippen molar-refractivity contribution >= 4 is 34.6 Å². The first-order valence-corrected chi connectivity index (χ1v) is 8.64. The molecule has 0 fully saturated rings. The molecule has 5 rings (SSSR count). The number of carbonyl (C=O) groups is 2. The maximum absolute atomic E-state index is 12.6. The van der Waals surface area contributed by atoms with Crippen LogP contribution < -0.4 is 9.80 Å². The summed E-state index contributed by atoms with van der Waals surface area (Å²) in [5.41, 5.74) is 5.42. The minimum Gasteiger partial charge on any atom is -0.280 e. The zero-order valence-electron chi connectivity index (χ0n) is 14.1. The fourth-order valence-electron chi connectivity index (χ4n) is 3.85. The van der Waals surface area contributed by atoms with Gasteiger partial charge in [0, 0.05) is 11.4 Å². The molecule has 2 aliphatic heterocycles. The summed E-state index contributed by atoms with van der Waals surface area (Å²) in [6.07, 6.45) is 0.744. The van der Waals surface area contributed by atoms with Gasteiger partial charge in [-0.25, -0.2) is 0 Å². The third-order valence-corrected chi connectivity index (χ3v) is 4.97. The number of benzene rings is 3. The average Bonchev–Trinajstić information content (AvgIpc) is 3.15. The zero-order chi connectivity index (χ0) is 17.7. The van der Waals surface area contributed by atoms with Gasteiger partial charge in [0.2, 0.25) is 11.8 Å². The van der Waals surface area contributed by atoms with Crippen LogP contribution >= 0.6 is 0 Å². The average molecular weight is 340 g/mol. The lowest BCUT2D eigenvalue weighted by Crippen LogP contribution is -2.22. The number of amides is 2. The smallest absolute Gasteiger partial charge is 0.236 e. The Morgan fingerprint density at radius 1 is 0.577 bits per heavy atom. The molecule has 26 heavy (non-hydrogen) atoms. The lowest BCUT2D eigenvalue weighted by molar-refractivity contribution is -0.117. The Morgan fingerprint density at radius 3 is 1.42 bits per heavy atom. The highest BCUT2D eigenvalue weighted by Gasteiger charge is 2.35. The van der Waals surface area contributed by atoms with E-state index in [-0.39, 0.29) is 11.8 Å². The Kier molecular flexibility index (Phi) is 3.19. The van der Waals surface area contributed by atoms with Gasteiger partial charge in [0.25, 0.3) is 0 Å². The van der Waals surface area contributed by atoms with Crippen LogP contribution in [0.15, 0.2) is 72.8 Å². The van der Waals surface area contributed by atoms with E-state index in [9.17, 15) is 9.59 Å². The number of hydrogen-bond acceptors (Lipinski definition) is 2. The van der Waals surface area contributed by atoms with Crippen molar-refractivity contribution in [2.24, 2.45) is 0 Å². The molecule has 0 bridgehead atoms. The van der Waals surface area contributed by atoms with E-state index in [0.29, 0.717) is 12.8 Å². The number of fused-ring (bicyclic) bond motifs is 2. The molecule has 0 spiro atoms. The molecule has 0 aliphatic carbocycles. The van der Waals surface area contributed by atoms with Gasteiger partial charge in [0.1, 0.15) is 0 Å². The van der Waals surface area contributed by atoms with Crippen LogP contribution in [-0.4, -0.2) is 11.8 Å². The Bertz CT molecular complexity index is 948. The molecule has 2 amide bonds. The predicted molar refractivity (Wildman–Crippen MR) is 101 cm³/mol. The van der Waals surface area contributed by atoms with E-state index in [4.69, 9.17) is 0 Å². The summed E-state index contributed by atoms with van der Waals surface area (Å²) in [7, 11) is 0. The second-order valence-electron chi connectivity index (χ2n) is 6.59. The maximum Gasteiger partial charge on any atom is 0.236 e. The van der Waals surface area contributed by atoms with E-state index < -0.39 is 0 Å². The summed E-state index contributed by atoms with van der Waals surface area (Å²) in [5, 5.41) is 0. The molecule has 0 N–H and O–H groups in total. The van der Waals surface area contributed by atoms with Gasteiger partial charge < -0.3 is 0 Å². The molecule has 2 heterocycles. The topological polar surface area (TPSA) is 40.6 Å². The Morgan fingerprint density at radius 2 is 1.00 bits per heavy atom. The number of hydrogen-bond donors (Lipinski definition) is 0. The molecule has 3 aromatic carbocycles. The molecule has 3 aromatic rings. The van der Waals surface area contributed by atoms with Crippen LogP contribution in [0.2, 0.25) is 0 Å². The fraction of sp³-hybridized carbons (Fsp3) is 0.0909. The Balaban J connectivity index is 1.65. The molecule has 0 saturated carbocycles. The van der Waals surface area contributed by atoms with Crippen LogP contribution in [-0.2, 0) is 22.4 Å². The first-order chi connectivity index (χ1) is 12.7. The predicted octanol–water partition coefficient (Wildman–Crippen LogP) is 4.13. The van der Waals surface area contributed by atoms with E-state index in [1.807, 2.05) is 72.8 Å². The standard InChI is InChI=1S/C22H16N2O2/c25-21-12-15-11-16-13-22(26)24(18-9-5-2-6-10-18)20(16)14-19(15)23(21)17-7-3-1-4-8-17/h1-11,14H,12-13H2. The maximum atomic E-state index is 12.6. The normalized spacial score (nSPS) is 15.4. The van der Waals surface area contributed by atoms with Gasteiger partial charge in [-0.15, -0.1) is 0 Å². The third kappa shape index (κ3) is 2.15. The molecule has 126 valence electrons. The highest BCUT2D eigenvalue weighted by Crippen LogP contribution is 2.44. The second-order valence-corrected chi connectivity index (χ2v) is 6.59. The van der Waals surface area contributed by atoms with Gasteiger partial charge in [-0.2, -0.15) is 0 Å². The van der Waals surface area contributed by atoms with Crippen LogP contribution in [0, 0.1) is 0 Å². The molecule has 0 atom stereocenters. The quantitative estimate of drug-likeness (QED) is 0.704. The Labute approximate surface area is 151 Å². The number of nitrogens with zero attached hydrogens (tertiary/aromatic N) is 2. The molecular weight excluding hydrogens is 324 g/mol. The summed E-state index contributed by atoms with van der Waals surface area (Å²) in [5.74, 6) is 0.125. The van der Waals surface area contributed by atoms with Gasteiger partial charge in [-0.1, -0.05) is 42.5 Å². The van der Waals surface area contributed by atoms with Crippen molar-refractivity contribution < 1.29 is 9.59 Å². The molecular formula is C22H16N2O2. The first-order valence-electron chi connectivity index (χ1n) is 8.64. The van der Waals surface area contributed by atoms with Crippen molar-refractivity contribution in [3.63, 3.8) is 0 Å². The minimum absolute atomic E-state index is 0.0625. The molecule has 4 nitrogen and oxygen atoms in total.